The highest BCUT2D eigenvalue weighted by molar-refractivity contribution is 6.06. The summed E-state index contributed by atoms with van der Waals surface area (Å²) in [6.07, 6.45) is 0. The second kappa shape index (κ2) is 5.53. The molecule has 0 spiro atoms. The van der Waals surface area contributed by atoms with Gasteiger partial charge >= 0.3 is 0 Å². The Bertz CT molecular complexity index is 930. The molecule has 0 saturated carbocycles. The quantitative estimate of drug-likeness (QED) is 0.786. The normalized spacial score (nSPS) is 12.1. The number of aromatic nitrogens is 2. The van der Waals surface area contributed by atoms with Crippen molar-refractivity contribution in [3.05, 3.63) is 65.4 Å². The van der Waals surface area contributed by atoms with Crippen LogP contribution in [0.2, 0.25) is 0 Å². The minimum atomic E-state index is -0.124. The van der Waals surface area contributed by atoms with Crippen molar-refractivity contribution in [1.29, 1.82) is 0 Å². The van der Waals surface area contributed by atoms with Gasteiger partial charge in [-0.3, -0.25) is 9.89 Å². The molecule has 120 valence electrons. The molecule has 0 bridgehead atoms. The highest BCUT2D eigenvalue weighted by Crippen LogP contribution is 2.37. The zero-order valence-electron chi connectivity index (χ0n) is 13.5. The summed E-state index contributed by atoms with van der Waals surface area (Å²) in [7, 11) is 1.77. The van der Waals surface area contributed by atoms with E-state index in [1.807, 2.05) is 55.5 Å². The molecule has 0 radical (unpaired) electrons. The minimum absolute atomic E-state index is 0.124. The fourth-order valence-corrected chi connectivity index (χ4v) is 3.06. The fraction of sp³-hybridized carbons (Fsp3) is 0.158. The first-order chi connectivity index (χ1) is 11.7. The summed E-state index contributed by atoms with van der Waals surface area (Å²) in [6, 6.07) is 15.5. The molecule has 0 aliphatic carbocycles. The topological polar surface area (TPSA) is 58.2 Å². The van der Waals surface area contributed by atoms with E-state index in [0.717, 1.165) is 33.8 Å². The van der Waals surface area contributed by atoms with Gasteiger partial charge < -0.3 is 9.64 Å². The zero-order valence-corrected chi connectivity index (χ0v) is 13.5. The van der Waals surface area contributed by atoms with Gasteiger partial charge in [0.2, 0.25) is 0 Å². The van der Waals surface area contributed by atoms with Crippen LogP contribution in [0.4, 0.5) is 5.69 Å². The number of fused-ring (bicyclic) bond motifs is 3. The molecule has 0 atom stereocenters. The Morgan fingerprint density at radius 3 is 2.75 bits per heavy atom. The molecule has 2 heterocycles. The standard InChI is InChI=1S/C19H17N3O2/c1-12-7-3-5-9-15(12)22(2)19(23)18-14-11-24-16-10-6-4-8-13(16)17(14)20-21-18/h3-10H,11H2,1-2H3,(H,20,21). The first-order valence-corrected chi connectivity index (χ1v) is 7.80. The smallest absolute Gasteiger partial charge is 0.276 e. The molecule has 0 fully saturated rings. The summed E-state index contributed by atoms with van der Waals surface area (Å²) in [5.74, 6) is 0.670. The lowest BCUT2D eigenvalue weighted by atomic mass is 10.0. The number of carbonyl (C=O) groups excluding carboxylic acids is 1. The minimum Gasteiger partial charge on any atom is -0.488 e. The Labute approximate surface area is 139 Å². The predicted octanol–water partition coefficient (Wildman–Crippen LogP) is 3.55. The van der Waals surface area contributed by atoms with Gasteiger partial charge in [0, 0.05) is 23.9 Å². The number of H-pyrrole nitrogens is 1. The van der Waals surface area contributed by atoms with Crippen LogP contribution in [0.25, 0.3) is 11.3 Å². The molecule has 1 amide bonds. The molecule has 1 N–H and O–H groups in total. The first kappa shape index (κ1) is 14.5. The van der Waals surface area contributed by atoms with E-state index in [1.165, 1.54) is 0 Å². The summed E-state index contributed by atoms with van der Waals surface area (Å²) in [6.45, 7) is 2.33. The Morgan fingerprint density at radius 2 is 1.92 bits per heavy atom. The lowest BCUT2D eigenvalue weighted by molar-refractivity contribution is 0.0985. The van der Waals surface area contributed by atoms with E-state index in [1.54, 1.807) is 11.9 Å². The average molecular weight is 319 g/mol. The molecule has 2 aromatic carbocycles. The Kier molecular flexibility index (Phi) is 3.34. The Morgan fingerprint density at radius 1 is 1.17 bits per heavy atom. The highest BCUT2D eigenvalue weighted by Gasteiger charge is 2.28. The van der Waals surface area contributed by atoms with Gasteiger partial charge in [-0.15, -0.1) is 0 Å². The summed E-state index contributed by atoms with van der Waals surface area (Å²) in [5, 5.41) is 7.27. The number of nitrogens with zero attached hydrogens (tertiary/aromatic N) is 2. The average Bonchev–Trinajstić information content (AvgIpc) is 3.05. The largest absolute Gasteiger partial charge is 0.488 e. The Hall–Kier alpha value is -3.08. The molecule has 3 aromatic rings. The van der Waals surface area contributed by atoms with E-state index < -0.39 is 0 Å². The number of aromatic amines is 1. The maximum atomic E-state index is 12.9. The van der Waals surface area contributed by atoms with E-state index in [-0.39, 0.29) is 5.91 Å². The number of amides is 1. The third kappa shape index (κ3) is 2.17. The number of aryl methyl sites for hydroxylation is 1. The van der Waals surface area contributed by atoms with Crippen molar-refractivity contribution in [2.75, 3.05) is 11.9 Å². The summed E-state index contributed by atoms with van der Waals surface area (Å²) < 4.78 is 5.78. The maximum absolute atomic E-state index is 12.9. The van der Waals surface area contributed by atoms with Crippen LogP contribution in [0.15, 0.2) is 48.5 Å². The molecule has 0 unspecified atom stereocenters. The third-order valence-electron chi connectivity index (χ3n) is 4.38. The summed E-state index contributed by atoms with van der Waals surface area (Å²) in [5.41, 5.74) is 4.90. The lowest BCUT2D eigenvalue weighted by Crippen LogP contribution is -2.28. The van der Waals surface area contributed by atoms with Crippen LogP contribution in [0, 0.1) is 6.92 Å². The van der Waals surface area contributed by atoms with Gasteiger partial charge in [0.1, 0.15) is 23.7 Å². The summed E-state index contributed by atoms with van der Waals surface area (Å²) in [4.78, 5) is 14.6. The molecule has 1 aromatic heterocycles. The van der Waals surface area contributed by atoms with E-state index in [9.17, 15) is 4.79 Å². The molecule has 24 heavy (non-hydrogen) atoms. The second-order valence-corrected chi connectivity index (χ2v) is 5.86. The number of hydrogen-bond donors (Lipinski definition) is 1. The van der Waals surface area contributed by atoms with Crippen molar-refractivity contribution in [3.8, 4) is 17.0 Å². The van der Waals surface area contributed by atoms with E-state index >= 15 is 0 Å². The van der Waals surface area contributed by atoms with E-state index in [0.29, 0.717) is 12.3 Å². The number of hydrogen-bond acceptors (Lipinski definition) is 3. The Balaban J connectivity index is 1.74. The van der Waals surface area contributed by atoms with Gasteiger partial charge in [-0.25, -0.2) is 0 Å². The predicted molar refractivity (Wildman–Crippen MR) is 92.3 cm³/mol. The second-order valence-electron chi connectivity index (χ2n) is 5.86. The number of para-hydroxylation sites is 2. The van der Waals surface area contributed by atoms with Gasteiger partial charge in [-0.1, -0.05) is 30.3 Å². The van der Waals surface area contributed by atoms with Crippen LogP contribution >= 0.6 is 0 Å². The SMILES string of the molecule is Cc1ccccc1N(C)C(=O)c1[nH]nc2c1COc1ccccc1-2. The van der Waals surface area contributed by atoms with Crippen molar-refractivity contribution >= 4 is 11.6 Å². The molecular formula is C19H17N3O2. The van der Waals surface area contributed by atoms with Crippen LogP contribution in [0.1, 0.15) is 21.6 Å². The van der Waals surface area contributed by atoms with Crippen LogP contribution in [-0.4, -0.2) is 23.2 Å². The number of nitrogens with one attached hydrogen (secondary N) is 1. The molecule has 5 heteroatoms. The summed E-state index contributed by atoms with van der Waals surface area (Å²) >= 11 is 0. The molecule has 0 saturated heterocycles. The zero-order chi connectivity index (χ0) is 16.7. The van der Waals surface area contributed by atoms with Gasteiger partial charge in [-0.2, -0.15) is 5.10 Å². The van der Waals surface area contributed by atoms with Gasteiger partial charge in [0.25, 0.3) is 5.91 Å². The first-order valence-electron chi connectivity index (χ1n) is 7.80. The number of anilines is 1. The van der Waals surface area contributed by atoms with Crippen molar-refractivity contribution in [2.45, 2.75) is 13.5 Å². The van der Waals surface area contributed by atoms with Crippen LogP contribution in [0.5, 0.6) is 5.75 Å². The van der Waals surface area contributed by atoms with Crippen molar-refractivity contribution in [3.63, 3.8) is 0 Å². The van der Waals surface area contributed by atoms with Gasteiger partial charge in [-0.05, 0) is 30.7 Å². The van der Waals surface area contributed by atoms with Crippen molar-refractivity contribution in [2.24, 2.45) is 0 Å². The highest BCUT2D eigenvalue weighted by atomic mass is 16.5. The maximum Gasteiger partial charge on any atom is 0.276 e. The molecule has 5 nitrogen and oxygen atoms in total. The van der Waals surface area contributed by atoms with Crippen LogP contribution in [0.3, 0.4) is 0 Å². The third-order valence-corrected chi connectivity index (χ3v) is 4.38. The van der Waals surface area contributed by atoms with E-state index in [4.69, 9.17) is 4.74 Å². The van der Waals surface area contributed by atoms with Crippen LogP contribution < -0.4 is 9.64 Å². The molecule has 1 aliphatic rings. The van der Waals surface area contributed by atoms with Crippen LogP contribution in [-0.2, 0) is 6.61 Å². The van der Waals surface area contributed by atoms with Gasteiger partial charge in [0.05, 0.1) is 0 Å². The lowest BCUT2D eigenvalue weighted by Gasteiger charge is -2.21. The monoisotopic (exact) mass is 319 g/mol. The van der Waals surface area contributed by atoms with Crippen molar-refractivity contribution < 1.29 is 9.53 Å². The molecule has 1 aliphatic heterocycles. The molecular weight excluding hydrogens is 302 g/mol. The number of carbonyl (C=O) groups is 1. The number of ether oxygens (including phenoxy) is 1. The molecule has 4 rings (SSSR count). The number of benzene rings is 2. The fourth-order valence-electron chi connectivity index (χ4n) is 3.06. The van der Waals surface area contributed by atoms with Gasteiger partial charge in [0.15, 0.2) is 0 Å². The van der Waals surface area contributed by atoms with E-state index in [2.05, 4.69) is 10.2 Å². The van der Waals surface area contributed by atoms with Crippen molar-refractivity contribution in [1.82, 2.24) is 10.2 Å². The number of rotatable bonds is 2.